The van der Waals surface area contributed by atoms with Crippen LogP contribution in [-0.2, 0) is 23.7 Å². The lowest BCUT2D eigenvalue weighted by atomic mass is 10.9. The minimum atomic E-state index is -5.70. The average Bonchev–Trinajstić information content (AvgIpc) is 2.09. The lowest BCUT2D eigenvalue weighted by molar-refractivity contribution is -0.607. The predicted octanol–water partition coefficient (Wildman–Crippen LogP) is 3.31. The third kappa shape index (κ3) is 8.98. The molecule has 0 aromatic carbocycles. The maximum absolute atomic E-state index is 12.6. The molecule has 128 valence electrons. The minimum Gasteiger partial charge on any atom is -0.296 e. The monoisotopic (exact) mass is 338 g/mol. The summed E-state index contributed by atoms with van der Waals surface area (Å²) in [5, 5.41) is 0. The van der Waals surface area contributed by atoms with Crippen molar-refractivity contribution < 1.29 is 58.8 Å². The van der Waals surface area contributed by atoms with Crippen molar-refractivity contribution in [3.8, 4) is 0 Å². The number of ether oxygens (including phenoxy) is 5. The Morgan fingerprint density at radius 1 is 0.524 bits per heavy atom. The van der Waals surface area contributed by atoms with Crippen molar-refractivity contribution in [2.45, 2.75) is 39.0 Å². The third-order valence-electron chi connectivity index (χ3n) is 1.34. The van der Waals surface area contributed by atoms with Gasteiger partial charge in [-0.25, -0.2) is 14.2 Å². The average molecular weight is 338 g/mol. The van der Waals surface area contributed by atoms with E-state index in [1.807, 2.05) is 0 Å². The molecule has 0 heterocycles. The Morgan fingerprint density at radius 3 is 1.00 bits per heavy atom. The van der Waals surface area contributed by atoms with Crippen LogP contribution >= 0.6 is 0 Å². The highest BCUT2D eigenvalue weighted by atomic mass is 19.3. The van der Waals surface area contributed by atoms with E-state index in [2.05, 4.69) is 23.7 Å². The number of halogens is 8. The first-order chi connectivity index (χ1) is 9.24. The van der Waals surface area contributed by atoms with Gasteiger partial charge < -0.3 is 0 Å². The molecule has 0 unspecified atom stereocenters. The van der Waals surface area contributed by atoms with E-state index in [4.69, 9.17) is 0 Å². The molecule has 0 N–H and O–H groups in total. The molecule has 5 nitrogen and oxygen atoms in total. The lowest BCUT2D eigenvalue weighted by Gasteiger charge is -2.27. The molecule has 0 aliphatic carbocycles. The maximum Gasteiger partial charge on any atom is 0.498 e. The van der Waals surface area contributed by atoms with Crippen LogP contribution in [0, 0.1) is 0 Å². The van der Waals surface area contributed by atoms with Crippen LogP contribution in [-0.4, -0.2) is 38.4 Å². The fourth-order valence-electron chi connectivity index (χ4n) is 0.852. The van der Waals surface area contributed by atoms with Gasteiger partial charge in [0.15, 0.2) is 0 Å². The van der Waals surface area contributed by atoms with Gasteiger partial charge >= 0.3 is 25.2 Å². The van der Waals surface area contributed by atoms with Crippen molar-refractivity contribution in [2.75, 3.05) is 13.2 Å². The summed E-state index contributed by atoms with van der Waals surface area (Å²) < 4.78 is 115. The summed E-state index contributed by atoms with van der Waals surface area (Å²) >= 11 is 0. The van der Waals surface area contributed by atoms with Gasteiger partial charge in [0.25, 0.3) is 0 Å². The molecular formula is C8H10F8O5. The van der Waals surface area contributed by atoms with E-state index in [1.165, 1.54) is 0 Å². The van der Waals surface area contributed by atoms with Crippen molar-refractivity contribution in [2.24, 2.45) is 0 Å². The van der Waals surface area contributed by atoms with Crippen LogP contribution in [0.2, 0.25) is 0 Å². The van der Waals surface area contributed by atoms with Crippen molar-refractivity contribution in [3.05, 3.63) is 0 Å². The normalized spacial score (nSPS) is 14.6. The number of hydrogen-bond acceptors (Lipinski definition) is 5. The fraction of sp³-hybridized carbons (Fsp3) is 1.00. The zero-order valence-electron chi connectivity index (χ0n) is 10.5. The van der Waals surface area contributed by atoms with E-state index in [-0.39, 0.29) is 0 Å². The number of alkyl halides is 8. The summed E-state index contributed by atoms with van der Waals surface area (Å²) in [6.45, 7) is 0.268. The first-order valence-corrected chi connectivity index (χ1v) is 5.14. The first-order valence-electron chi connectivity index (χ1n) is 5.14. The molecule has 0 saturated heterocycles. The second-order valence-electron chi connectivity index (χ2n) is 3.03. The molecule has 0 aromatic heterocycles. The van der Waals surface area contributed by atoms with Crippen LogP contribution in [0.1, 0.15) is 13.8 Å². The van der Waals surface area contributed by atoms with Gasteiger partial charge in [-0.1, -0.05) is 0 Å². The first kappa shape index (κ1) is 20.2. The van der Waals surface area contributed by atoms with E-state index in [0.29, 0.717) is 0 Å². The molecule has 0 saturated carbocycles. The van der Waals surface area contributed by atoms with Crippen LogP contribution in [0.4, 0.5) is 35.1 Å². The molecule has 0 radical (unpaired) electrons. The van der Waals surface area contributed by atoms with E-state index < -0.39 is 38.4 Å². The minimum absolute atomic E-state index is 0.821. The number of hydrogen-bond donors (Lipinski definition) is 0. The van der Waals surface area contributed by atoms with Gasteiger partial charge in [0, 0.05) is 0 Å². The summed E-state index contributed by atoms with van der Waals surface area (Å²) in [5.74, 6) is 0. The zero-order valence-corrected chi connectivity index (χ0v) is 10.5. The van der Waals surface area contributed by atoms with Gasteiger partial charge in [0.05, 0.1) is 13.2 Å². The fourth-order valence-corrected chi connectivity index (χ4v) is 0.852. The van der Waals surface area contributed by atoms with Crippen LogP contribution < -0.4 is 0 Å². The summed E-state index contributed by atoms with van der Waals surface area (Å²) in [6.07, 6.45) is -21.4. The van der Waals surface area contributed by atoms with E-state index in [1.54, 1.807) is 0 Å². The summed E-state index contributed by atoms with van der Waals surface area (Å²) in [5.41, 5.74) is 0. The van der Waals surface area contributed by atoms with Gasteiger partial charge in [-0.15, -0.1) is 35.1 Å². The topological polar surface area (TPSA) is 46.2 Å². The van der Waals surface area contributed by atoms with Gasteiger partial charge in [-0.2, -0.15) is 0 Å². The van der Waals surface area contributed by atoms with Crippen molar-refractivity contribution in [3.63, 3.8) is 0 Å². The molecule has 0 aromatic rings. The second kappa shape index (κ2) is 7.00. The largest absolute Gasteiger partial charge is 0.498 e. The summed E-state index contributed by atoms with van der Waals surface area (Å²) in [7, 11) is 0. The Bertz CT molecular complexity index is 294. The molecule has 0 aliphatic heterocycles. The second-order valence-corrected chi connectivity index (χ2v) is 3.03. The molecule has 0 atom stereocenters. The van der Waals surface area contributed by atoms with Gasteiger partial charge in [-0.3, -0.25) is 9.47 Å². The highest BCUT2D eigenvalue weighted by molar-refractivity contribution is 4.45. The number of rotatable bonds is 10. The Kier molecular flexibility index (Phi) is 6.75. The van der Waals surface area contributed by atoms with E-state index in [0.717, 1.165) is 13.8 Å². The molecule has 0 rings (SSSR count). The highest BCUT2D eigenvalue weighted by Gasteiger charge is 2.57. The van der Waals surface area contributed by atoms with Crippen molar-refractivity contribution >= 4 is 0 Å². The highest BCUT2D eigenvalue weighted by Crippen LogP contribution is 2.37. The predicted molar refractivity (Wildman–Crippen MR) is 46.3 cm³/mol. The zero-order chi connectivity index (χ0) is 16.9. The van der Waals surface area contributed by atoms with Crippen LogP contribution in [0.5, 0.6) is 0 Å². The van der Waals surface area contributed by atoms with Gasteiger partial charge in [-0.05, 0) is 13.8 Å². The summed E-state index contributed by atoms with van der Waals surface area (Å²) in [6, 6.07) is 0. The smallest absolute Gasteiger partial charge is 0.296 e. The standard InChI is InChI=1S/C8H10F8O5/c1-3-17-5(9,10)19-7(13,14)21-8(15,16)20-6(11,12)18-4-2/h3-4H2,1-2H3. The third-order valence-corrected chi connectivity index (χ3v) is 1.34. The van der Waals surface area contributed by atoms with E-state index >= 15 is 0 Å². The molecule has 21 heavy (non-hydrogen) atoms. The Hall–Kier alpha value is -0.760. The van der Waals surface area contributed by atoms with Crippen LogP contribution in [0.15, 0.2) is 0 Å². The SMILES string of the molecule is CCOC(F)(F)OC(F)(F)OC(F)(F)OC(F)(F)OCC. The molecule has 0 aliphatic rings. The van der Waals surface area contributed by atoms with Crippen molar-refractivity contribution in [1.29, 1.82) is 0 Å². The van der Waals surface area contributed by atoms with Crippen molar-refractivity contribution in [1.82, 2.24) is 0 Å². The molecule has 0 amide bonds. The van der Waals surface area contributed by atoms with Crippen LogP contribution in [0.3, 0.4) is 0 Å². The van der Waals surface area contributed by atoms with Gasteiger partial charge in [0.1, 0.15) is 0 Å². The summed E-state index contributed by atoms with van der Waals surface area (Å²) in [4.78, 5) is 0. The molecular weight excluding hydrogens is 328 g/mol. The Morgan fingerprint density at radius 2 is 0.762 bits per heavy atom. The van der Waals surface area contributed by atoms with E-state index in [9.17, 15) is 35.1 Å². The Labute approximate surface area is 112 Å². The quantitative estimate of drug-likeness (QED) is 0.452. The maximum atomic E-state index is 12.6. The Balaban J connectivity index is 4.75. The van der Waals surface area contributed by atoms with Crippen LogP contribution in [0.25, 0.3) is 0 Å². The van der Waals surface area contributed by atoms with Gasteiger partial charge in [0.2, 0.25) is 0 Å². The molecule has 0 spiro atoms. The molecule has 0 bridgehead atoms. The molecule has 0 fully saturated rings. The molecule has 13 heteroatoms. The lowest BCUT2D eigenvalue weighted by Crippen LogP contribution is -2.45.